The van der Waals surface area contributed by atoms with Crippen molar-refractivity contribution in [1.82, 2.24) is 19.7 Å². The lowest BCUT2D eigenvalue weighted by molar-refractivity contribution is -0.115. The zero-order valence-electron chi connectivity index (χ0n) is 15.8. The van der Waals surface area contributed by atoms with E-state index in [1.54, 1.807) is 12.4 Å². The summed E-state index contributed by atoms with van der Waals surface area (Å²) in [6, 6.07) is 23.1. The van der Waals surface area contributed by atoms with Crippen molar-refractivity contribution in [3.63, 3.8) is 0 Å². The summed E-state index contributed by atoms with van der Waals surface area (Å²) in [5.74, 6) is 0.592. The molecule has 1 atom stereocenters. The Morgan fingerprint density at radius 1 is 0.966 bits per heavy atom. The van der Waals surface area contributed by atoms with Crippen LogP contribution in [0.25, 0.3) is 17.1 Å². The van der Waals surface area contributed by atoms with E-state index in [-0.39, 0.29) is 11.2 Å². The fraction of sp³-hybridized carbons (Fsp3) is 0.0909. The number of thioether (sulfide) groups is 1. The number of hydrogen-bond acceptors (Lipinski definition) is 5. The second-order valence-electron chi connectivity index (χ2n) is 6.33. The molecule has 1 amide bonds. The van der Waals surface area contributed by atoms with Gasteiger partial charge in [-0.25, -0.2) is 0 Å². The Hall–Kier alpha value is -3.45. The SMILES string of the molecule is CC(Sc1nnc(-c2cccnc2)n1-c1ccccc1)C(=O)Nc1ccccc1. The van der Waals surface area contributed by atoms with Crippen LogP contribution in [0.4, 0.5) is 5.69 Å². The maximum absolute atomic E-state index is 12.6. The quantitative estimate of drug-likeness (QED) is 0.483. The van der Waals surface area contributed by atoms with Crippen LogP contribution in [0.1, 0.15) is 6.92 Å². The maximum atomic E-state index is 12.6. The van der Waals surface area contributed by atoms with E-state index in [9.17, 15) is 4.79 Å². The number of anilines is 1. The van der Waals surface area contributed by atoms with Crippen molar-refractivity contribution < 1.29 is 4.79 Å². The molecule has 0 aliphatic carbocycles. The first-order chi connectivity index (χ1) is 14.2. The largest absolute Gasteiger partial charge is 0.325 e. The highest BCUT2D eigenvalue weighted by Crippen LogP contribution is 2.30. The average molecular weight is 401 g/mol. The summed E-state index contributed by atoms with van der Waals surface area (Å²) in [7, 11) is 0. The maximum Gasteiger partial charge on any atom is 0.237 e. The summed E-state index contributed by atoms with van der Waals surface area (Å²) >= 11 is 1.36. The van der Waals surface area contributed by atoms with E-state index in [1.165, 1.54) is 11.8 Å². The van der Waals surface area contributed by atoms with Crippen LogP contribution in [0.15, 0.2) is 90.3 Å². The van der Waals surface area contributed by atoms with Gasteiger partial charge in [0, 0.05) is 29.3 Å². The van der Waals surface area contributed by atoms with E-state index in [0.717, 1.165) is 16.9 Å². The summed E-state index contributed by atoms with van der Waals surface area (Å²) in [6.45, 7) is 1.86. The van der Waals surface area contributed by atoms with E-state index >= 15 is 0 Å². The molecule has 1 unspecified atom stereocenters. The summed E-state index contributed by atoms with van der Waals surface area (Å²) in [5.41, 5.74) is 2.55. The molecule has 0 aliphatic rings. The summed E-state index contributed by atoms with van der Waals surface area (Å²) < 4.78 is 1.95. The Bertz CT molecular complexity index is 1080. The van der Waals surface area contributed by atoms with E-state index in [0.29, 0.717) is 11.0 Å². The van der Waals surface area contributed by atoms with Crippen LogP contribution < -0.4 is 5.32 Å². The lowest BCUT2D eigenvalue weighted by Crippen LogP contribution is -2.22. The number of nitrogens with one attached hydrogen (secondary N) is 1. The Morgan fingerprint density at radius 3 is 2.38 bits per heavy atom. The lowest BCUT2D eigenvalue weighted by atomic mass is 10.2. The monoisotopic (exact) mass is 401 g/mol. The third-order valence-electron chi connectivity index (χ3n) is 4.26. The number of rotatable bonds is 6. The fourth-order valence-corrected chi connectivity index (χ4v) is 3.68. The van der Waals surface area contributed by atoms with Crippen LogP contribution >= 0.6 is 11.8 Å². The van der Waals surface area contributed by atoms with Crippen molar-refractivity contribution in [2.75, 3.05) is 5.32 Å². The molecule has 1 N–H and O–H groups in total. The van der Waals surface area contributed by atoms with Gasteiger partial charge >= 0.3 is 0 Å². The normalized spacial score (nSPS) is 11.8. The molecule has 2 aromatic carbocycles. The molecule has 0 radical (unpaired) electrons. The van der Waals surface area contributed by atoms with Gasteiger partial charge in [0.05, 0.1) is 5.25 Å². The molecule has 144 valence electrons. The first-order valence-electron chi connectivity index (χ1n) is 9.16. The van der Waals surface area contributed by atoms with Gasteiger partial charge in [-0.1, -0.05) is 48.2 Å². The second kappa shape index (κ2) is 8.70. The number of para-hydroxylation sites is 2. The van der Waals surface area contributed by atoms with Gasteiger partial charge in [0.1, 0.15) is 0 Å². The van der Waals surface area contributed by atoms with E-state index < -0.39 is 0 Å². The number of amides is 1. The highest BCUT2D eigenvalue weighted by atomic mass is 32.2. The van der Waals surface area contributed by atoms with Gasteiger partial charge in [0.2, 0.25) is 5.91 Å². The van der Waals surface area contributed by atoms with Crippen molar-refractivity contribution in [2.45, 2.75) is 17.3 Å². The van der Waals surface area contributed by atoms with Crippen molar-refractivity contribution in [1.29, 1.82) is 0 Å². The molecule has 6 nitrogen and oxygen atoms in total. The smallest absolute Gasteiger partial charge is 0.237 e. The number of hydrogen-bond donors (Lipinski definition) is 1. The minimum Gasteiger partial charge on any atom is -0.325 e. The van der Waals surface area contributed by atoms with E-state index in [2.05, 4.69) is 20.5 Å². The van der Waals surface area contributed by atoms with Crippen LogP contribution in [0, 0.1) is 0 Å². The van der Waals surface area contributed by atoms with Gasteiger partial charge in [-0.3, -0.25) is 14.3 Å². The predicted molar refractivity (Wildman–Crippen MR) is 115 cm³/mol. The Kier molecular flexibility index (Phi) is 5.67. The molecule has 29 heavy (non-hydrogen) atoms. The molecule has 0 saturated carbocycles. The van der Waals surface area contributed by atoms with Gasteiger partial charge in [-0.05, 0) is 43.3 Å². The Morgan fingerprint density at radius 2 is 1.69 bits per heavy atom. The van der Waals surface area contributed by atoms with E-state index in [1.807, 2.05) is 84.3 Å². The van der Waals surface area contributed by atoms with Gasteiger partial charge in [-0.2, -0.15) is 0 Å². The standard InChI is InChI=1S/C22H19N5OS/c1-16(21(28)24-18-10-4-2-5-11-18)29-22-26-25-20(17-9-8-14-23-15-17)27(22)19-12-6-3-7-13-19/h2-16H,1H3,(H,24,28). The van der Waals surface area contributed by atoms with Crippen molar-refractivity contribution in [3.8, 4) is 17.1 Å². The average Bonchev–Trinajstić information content (AvgIpc) is 3.19. The number of pyridine rings is 1. The number of aromatic nitrogens is 4. The molecular weight excluding hydrogens is 382 g/mol. The van der Waals surface area contributed by atoms with Gasteiger partial charge < -0.3 is 5.32 Å². The van der Waals surface area contributed by atoms with Gasteiger partial charge in [0.25, 0.3) is 0 Å². The predicted octanol–water partition coefficient (Wildman–Crippen LogP) is 4.45. The second-order valence-corrected chi connectivity index (χ2v) is 7.64. The van der Waals surface area contributed by atoms with Crippen LogP contribution in [0.3, 0.4) is 0 Å². The highest BCUT2D eigenvalue weighted by molar-refractivity contribution is 8.00. The molecule has 0 saturated heterocycles. The molecular formula is C22H19N5OS. The van der Waals surface area contributed by atoms with E-state index in [4.69, 9.17) is 0 Å². The lowest BCUT2D eigenvalue weighted by Gasteiger charge is -2.14. The molecule has 7 heteroatoms. The summed E-state index contributed by atoms with van der Waals surface area (Å²) in [4.78, 5) is 16.8. The van der Waals surface area contributed by atoms with Crippen molar-refractivity contribution in [3.05, 3.63) is 85.2 Å². The van der Waals surface area contributed by atoms with Crippen LogP contribution in [0.2, 0.25) is 0 Å². The van der Waals surface area contributed by atoms with Crippen LogP contribution in [-0.2, 0) is 4.79 Å². The topological polar surface area (TPSA) is 72.7 Å². The first kappa shape index (κ1) is 18.9. The van der Waals surface area contributed by atoms with Gasteiger partial charge in [-0.15, -0.1) is 10.2 Å². The molecule has 0 aliphatic heterocycles. The minimum atomic E-state index is -0.358. The van der Waals surface area contributed by atoms with Crippen molar-refractivity contribution >= 4 is 23.4 Å². The van der Waals surface area contributed by atoms with Crippen LogP contribution in [-0.4, -0.2) is 30.9 Å². The Labute approximate surface area is 173 Å². The zero-order chi connectivity index (χ0) is 20.1. The number of carbonyl (C=O) groups excluding carboxylic acids is 1. The number of benzene rings is 2. The molecule has 4 rings (SSSR count). The van der Waals surface area contributed by atoms with Crippen molar-refractivity contribution in [2.24, 2.45) is 0 Å². The molecule has 0 fully saturated rings. The minimum absolute atomic E-state index is 0.0910. The highest BCUT2D eigenvalue weighted by Gasteiger charge is 2.22. The Balaban J connectivity index is 1.63. The molecule has 0 bridgehead atoms. The summed E-state index contributed by atoms with van der Waals surface area (Å²) in [5, 5.41) is 12.0. The fourth-order valence-electron chi connectivity index (χ4n) is 2.82. The van der Waals surface area contributed by atoms with Gasteiger partial charge in [0.15, 0.2) is 11.0 Å². The third kappa shape index (κ3) is 4.35. The number of nitrogens with zero attached hydrogens (tertiary/aromatic N) is 4. The summed E-state index contributed by atoms with van der Waals surface area (Å²) in [6.07, 6.45) is 3.47. The first-order valence-corrected chi connectivity index (χ1v) is 10.0. The molecule has 4 aromatic rings. The molecule has 0 spiro atoms. The van der Waals surface area contributed by atoms with Crippen LogP contribution in [0.5, 0.6) is 0 Å². The molecule has 2 aromatic heterocycles. The third-order valence-corrected chi connectivity index (χ3v) is 5.30. The zero-order valence-corrected chi connectivity index (χ0v) is 16.6. The number of carbonyl (C=O) groups is 1. The molecule has 2 heterocycles.